The maximum absolute atomic E-state index is 13.4. The van der Waals surface area contributed by atoms with Gasteiger partial charge in [0.15, 0.2) is 0 Å². The smallest absolute Gasteiger partial charge is 0.255 e. The minimum atomic E-state index is 0.0884. The molecule has 138 valence electrons. The Morgan fingerprint density at radius 1 is 0.963 bits per heavy atom. The third-order valence-corrected chi connectivity index (χ3v) is 6.49. The van der Waals surface area contributed by atoms with Crippen LogP contribution in [0.15, 0.2) is 66.7 Å². The van der Waals surface area contributed by atoms with Crippen LogP contribution >= 0.6 is 11.8 Å². The number of thioether (sulfide) groups is 1. The van der Waals surface area contributed by atoms with Crippen LogP contribution < -0.4 is 0 Å². The lowest BCUT2D eigenvalue weighted by Crippen LogP contribution is -2.30. The molecule has 1 aliphatic heterocycles. The van der Waals surface area contributed by atoms with E-state index in [2.05, 4.69) is 57.2 Å². The number of hydrogen-bond acceptors (Lipinski definition) is 2. The van der Waals surface area contributed by atoms with Crippen molar-refractivity contribution in [3.8, 4) is 0 Å². The van der Waals surface area contributed by atoms with Crippen molar-refractivity contribution in [3.05, 3.63) is 83.4 Å². The second kappa shape index (κ2) is 7.05. The lowest BCUT2D eigenvalue weighted by Gasteiger charge is -2.26. The summed E-state index contributed by atoms with van der Waals surface area (Å²) in [6, 6.07) is 22.9. The van der Waals surface area contributed by atoms with Gasteiger partial charge >= 0.3 is 0 Å². The summed E-state index contributed by atoms with van der Waals surface area (Å²) in [4.78, 5) is 15.4. The highest BCUT2D eigenvalue weighted by molar-refractivity contribution is 7.99. The summed E-state index contributed by atoms with van der Waals surface area (Å²) in [5.41, 5.74) is 3.46. The Morgan fingerprint density at radius 2 is 1.67 bits per heavy atom. The lowest BCUT2D eigenvalue weighted by molar-refractivity contribution is 0.0762. The summed E-state index contributed by atoms with van der Waals surface area (Å²) in [6.07, 6.45) is 0. The molecule has 0 bridgehead atoms. The highest BCUT2D eigenvalue weighted by Crippen LogP contribution is 2.40. The number of nitrogens with zero attached hydrogens (tertiary/aromatic N) is 1. The number of rotatable bonds is 2. The normalized spacial score (nSPS) is 17.4. The molecule has 2 nitrogen and oxygen atoms in total. The van der Waals surface area contributed by atoms with E-state index in [1.165, 1.54) is 11.1 Å². The molecule has 1 atom stereocenters. The van der Waals surface area contributed by atoms with Gasteiger partial charge in [-0.15, -0.1) is 11.8 Å². The topological polar surface area (TPSA) is 20.3 Å². The largest absolute Gasteiger partial charge is 0.322 e. The van der Waals surface area contributed by atoms with Crippen molar-refractivity contribution in [2.75, 3.05) is 12.3 Å². The summed E-state index contributed by atoms with van der Waals surface area (Å²) in [6.45, 7) is 7.46. The number of amides is 1. The summed E-state index contributed by atoms with van der Waals surface area (Å²) < 4.78 is 0. The highest BCUT2D eigenvalue weighted by Gasteiger charge is 2.32. The second-order valence-corrected chi connectivity index (χ2v) is 9.31. The molecule has 0 aliphatic carbocycles. The average Bonchev–Trinajstić information content (AvgIpc) is 3.16. The molecule has 3 heteroatoms. The molecule has 1 heterocycles. The van der Waals surface area contributed by atoms with Crippen molar-refractivity contribution in [3.63, 3.8) is 0 Å². The fourth-order valence-corrected chi connectivity index (χ4v) is 4.92. The summed E-state index contributed by atoms with van der Waals surface area (Å²) >= 11 is 1.85. The zero-order valence-electron chi connectivity index (χ0n) is 16.1. The van der Waals surface area contributed by atoms with Gasteiger partial charge in [-0.2, -0.15) is 0 Å². The van der Waals surface area contributed by atoms with E-state index in [9.17, 15) is 4.79 Å². The van der Waals surface area contributed by atoms with E-state index in [0.29, 0.717) is 0 Å². The Hall–Kier alpha value is -2.26. The Labute approximate surface area is 165 Å². The van der Waals surface area contributed by atoms with Gasteiger partial charge in [0.05, 0.1) is 0 Å². The Bertz CT molecular complexity index is 966. The highest BCUT2D eigenvalue weighted by atomic mass is 32.2. The van der Waals surface area contributed by atoms with Gasteiger partial charge in [0.2, 0.25) is 0 Å². The molecular formula is C24H25NOS. The van der Waals surface area contributed by atoms with E-state index >= 15 is 0 Å². The van der Waals surface area contributed by atoms with Crippen molar-refractivity contribution in [2.45, 2.75) is 31.6 Å². The van der Waals surface area contributed by atoms with Crippen LogP contribution in [0.25, 0.3) is 10.8 Å². The van der Waals surface area contributed by atoms with Gasteiger partial charge in [-0.05, 0) is 33.4 Å². The molecule has 1 unspecified atom stereocenters. The Balaban J connectivity index is 1.66. The van der Waals surface area contributed by atoms with Crippen molar-refractivity contribution in [2.24, 2.45) is 0 Å². The van der Waals surface area contributed by atoms with Crippen LogP contribution in [0.4, 0.5) is 0 Å². The number of benzene rings is 3. The first-order valence-electron chi connectivity index (χ1n) is 9.46. The molecule has 1 aliphatic rings. The van der Waals surface area contributed by atoms with E-state index in [-0.39, 0.29) is 16.7 Å². The molecule has 0 spiro atoms. The van der Waals surface area contributed by atoms with Gasteiger partial charge in [-0.3, -0.25) is 4.79 Å². The summed E-state index contributed by atoms with van der Waals surface area (Å²) in [7, 11) is 0. The average molecular weight is 376 g/mol. The van der Waals surface area contributed by atoms with Gasteiger partial charge in [-0.1, -0.05) is 81.4 Å². The van der Waals surface area contributed by atoms with Crippen molar-refractivity contribution in [1.29, 1.82) is 0 Å². The van der Waals surface area contributed by atoms with Gasteiger partial charge < -0.3 is 4.90 Å². The fraction of sp³-hybridized carbons (Fsp3) is 0.292. The number of carbonyl (C=O) groups excluding carboxylic acids is 1. The van der Waals surface area contributed by atoms with Gasteiger partial charge in [-0.25, -0.2) is 0 Å². The number of fused-ring (bicyclic) bond motifs is 1. The second-order valence-electron chi connectivity index (χ2n) is 8.12. The molecule has 27 heavy (non-hydrogen) atoms. The van der Waals surface area contributed by atoms with Crippen molar-refractivity contribution >= 4 is 28.4 Å². The van der Waals surface area contributed by atoms with Gasteiger partial charge in [0, 0.05) is 17.9 Å². The van der Waals surface area contributed by atoms with E-state index in [1.807, 2.05) is 47.0 Å². The molecule has 1 fully saturated rings. The van der Waals surface area contributed by atoms with Crippen LogP contribution in [0, 0.1) is 0 Å². The van der Waals surface area contributed by atoms with Crippen LogP contribution in [-0.2, 0) is 5.41 Å². The fourth-order valence-electron chi connectivity index (χ4n) is 3.67. The van der Waals surface area contributed by atoms with E-state index in [0.717, 1.165) is 28.6 Å². The standard InChI is InChI=1S/C24H25NOS/c1-24(2,3)19-13-11-18(12-14-19)23-25(15-16-27-23)22(26)21-10-6-8-17-7-4-5-9-20(17)21/h4-14,23H,15-16H2,1-3H3. The van der Waals surface area contributed by atoms with Crippen LogP contribution in [-0.4, -0.2) is 23.1 Å². The minimum Gasteiger partial charge on any atom is -0.322 e. The molecule has 3 aromatic rings. The van der Waals surface area contributed by atoms with Crippen molar-refractivity contribution in [1.82, 2.24) is 4.90 Å². The molecule has 0 N–H and O–H groups in total. The molecule has 1 saturated heterocycles. The van der Waals surface area contributed by atoms with E-state index in [1.54, 1.807) is 0 Å². The molecule has 0 radical (unpaired) electrons. The minimum absolute atomic E-state index is 0.0884. The lowest BCUT2D eigenvalue weighted by atomic mass is 9.86. The van der Waals surface area contributed by atoms with Crippen LogP contribution in [0.3, 0.4) is 0 Å². The third kappa shape index (κ3) is 3.49. The van der Waals surface area contributed by atoms with Crippen molar-refractivity contribution < 1.29 is 4.79 Å². The van der Waals surface area contributed by atoms with Crippen LogP contribution in [0.1, 0.15) is 47.6 Å². The van der Waals surface area contributed by atoms with E-state index < -0.39 is 0 Å². The van der Waals surface area contributed by atoms with Crippen LogP contribution in [0.2, 0.25) is 0 Å². The monoisotopic (exact) mass is 375 g/mol. The zero-order valence-corrected chi connectivity index (χ0v) is 16.9. The SMILES string of the molecule is CC(C)(C)c1ccc(C2SCCN2C(=O)c2cccc3ccccc23)cc1. The zero-order chi connectivity index (χ0) is 19.0. The Morgan fingerprint density at radius 3 is 2.41 bits per heavy atom. The van der Waals surface area contributed by atoms with Gasteiger partial charge in [0.25, 0.3) is 5.91 Å². The Kier molecular flexibility index (Phi) is 4.73. The van der Waals surface area contributed by atoms with Gasteiger partial charge in [0.1, 0.15) is 5.37 Å². The van der Waals surface area contributed by atoms with E-state index in [4.69, 9.17) is 0 Å². The molecule has 0 saturated carbocycles. The molecule has 3 aromatic carbocycles. The number of hydrogen-bond donors (Lipinski definition) is 0. The first-order valence-corrected chi connectivity index (χ1v) is 10.5. The third-order valence-electron chi connectivity index (χ3n) is 5.23. The quantitative estimate of drug-likeness (QED) is 0.545. The molecule has 0 aromatic heterocycles. The maximum atomic E-state index is 13.4. The maximum Gasteiger partial charge on any atom is 0.255 e. The predicted molar refractivity (Wildman–Crippen MR) is 115 cm³/mol. The molecule has 1 amide bonds. The molecule has 4 rings (SSSR count). The van der Waals surface area contributed by atoms with Crippen LogP contribution in [0.5, 0.6) is 0 Å². The predicted octanol–water partition coefficient (Wildman–Crippen LogP) is 6.03. The number of carbonyl (C=O) groups is 1. The summed E-state index contributed by atoms with van der Waals surface area (Å²) in [5, 5.41) is 2.23. The molecular weight excluding hydrogens is 350 g/mol. The summed E-state index contributed by atoms with van der Waals surface area (Å²) in [5.74, 6) is 1.10. The first-order chi connectivity index (χ1) is 12.9. The first kappa shape index (κ1) is 18.1.